The van der Waals surface area contributed by atoms with Gasteiger partial charge in [0.15, 0.2) is 0 Å². The first-order valence-electron chi connectivity index (χ1n) is 7.78. The van der Waals surface area contributed by atoms with Crippen molar-refractivity contribution >= 4 is 23.2 Å². The van der Waals surface area contributed by atoms with Crippen LogP contribution in [0.25, 0.3) is 0 Å². The van der Waals surface area contributed by atoms with Crippen molar-refractivity contribution in [2.75, 3.05) is 6.54 Å². The number of nitrogens with zero attached hydrogens (tertiary/aromatic N) is 1. The molecule has 1 saturated heterocycles. The van der Waals surface area contributed by atoms with Gasteiger partial charge in [-0.05, 0) is 31.2 Å². The predicted molar refractivity (Wildman–Crippen MR) is 83.0 cm³/mol. The summed E-state index contributed by atoms with van der Waals surface area (Å²) in [6, 6.07) is 4.12. The molecular formula is C16H22N2O2S. The second-order valence-corrected chi connectivity index (χ2v) is 7.11. The highest BCUT2D eigenvalue weighted by molar-refractivity contribution is 7.10. The minimum Gasteiger partial charge on any atom is -0.342 e. The Bertz CT molecular complexity index is 520. The van der Waals surface area contributed by atoms with Crippen LogP contribution in [0.2, 0.25) is 0 Å². The van der Waals surface area contributed by atoms with Crippen LogP contribution in [0.1, 0.15) is 56.4 Å². The van der Waals surface area contributed by atoms with Crippen LogP contribution in [0.5, 0.6) is 0 Å². The summed E-state index contributed by atoms with van der Waals surface area (Å²) in [4.78, 5) is 28.3. The first kappa shape index (κ1) is 14.6. The van der Waals surface area contributed by atoms with Crippen molar-refractivity contribution in [1.82, 2.24) is 10.2 Å². The molecule has 1 aliphatic carbocycles. The molecule has 1 aromatic heterocycles. The van der Waals surface area contributed by atoms with Crippen LogP contribution >= 0.6 is 11.3 Å². The lowest BCUT2D eigenvalue weighted by Crippen LogP contribution is -2.58. The second kappa shape index (κ2) is 5.79. The molecule has 114 valence electrons. The fourth-order valence-electron chi connectivity index (χ4n) is 3.53. The summed E-state index contributed by atoms with van der Waals surface area (Å²) in [5.41, 5.74) is -0.642. The average molecular weight is 306 g/mol. The Labute approximate surface area is 129 Å². The Balaban J connectivity index is 1.89. The highest BCUT2D eigenvalue weighted by Crippen LogP contribution is 2.35. The van der Waals surface area contributed by atoms with Gasteiger partial charge < -0.3 is 10.2 Å². The molecule has 2 amide bonds. The third kappa shape index (κ3) is 2.71. The number of hydrogen-bond donors (Lipinski definition) is 1. The molecule has 0 radical (unpaired) electrons. The Morgan fingerprint density at radius 3 is 2.71 bits per heavy atom. The van der Waals surface area contributed by atoms with E-state index in [1.165, 1.54) is 4.88 Å². The first-order valence-corrected chi connectivity index (χ1v) is 8.66. The molecule has 1 aliphatic heterocycles. The molecule has 3 rings (SSSR count). The van der Waals surface area contributed by atoms with E-state index in [9.17, 15) is 9.59 Å². The molecule has 1 atom stereocenters. The van der Waals surface area contributed by atoms with Crippen LogP contribution in [0.4, 0.5) is 0 Å². The van der Waals surface area contributed by atoms with Crippen molar-refractivity contribution in [3.63, 3.8) is 0 Å². The van der Waals surface area contributed by atoms with Crippen molar-refractivity contribution < 1.29 is 9.59 Å². The summed E-state index contributed by atoms with van der Waals surface area (Å²) >= 11 is 1.67. The van der Waals surface area contributed by atoms with Crippen LogP contribution in [0.3, 0.4) is 0 Å². The molecule has 1 spiro atoms. The largest absolute Gasteiger partial charge is 0.342 e. The molecule has 2 fully saturated rings. The zero-order valence-corrected chi connectivity index (χ0v) is 13.2. The van der Waals surface area contributed by atoms with Gasteiger partial charge in [0.05, 0.1) is 6.04 Å². The quantitative estimate of drug-likeness (QED) is 0.913. The second-order valence-electron chi connectivity index (χ2n) is 6.13. The van der Waals surface area contributed by atoms with Gasteiger partial charge in [0.2, 0.25) is 11.8 Å². The molecule has 2 aliphatic rings. The lowest BCUT2D eigenvalue weighted by atomic mass is 9.80. The Morgan fingerprint density at radius 1 is 1.29 bits per heavy atom. The summed E-state index contributed by atoms with van der Waals surface area (Å²) in [5.74, 6) is 0.139. The molecule has 1 N–H and O–H groups in total. The minimum atomic E-state index is -0.642. The lowest BCUT2D eigenvalue weighted by Gasteiger charge is -2.39. The lowest BCUT2D eigenvalue weighted by molar-refractivity contribution is -0.142. The highest BCUT2D eigenvalue weighted by Gasteiger charge is 2.46. The maximum atomic E-state index is 13.1. The third-order valence-electron chi connectivity index (χ3n) is 4.76. The van der Waals surface area contributed by atoms with Gasteiger partial charge in [-0.2, -0.15) is 0 Å². The van der Waals surface area contributed by atoms with Crippen molar-refractivity contribution in [3.05, 3.63) is 22.4 Å². The van der Waals surface area contributed by atoms with Crippen LogP contribution < -0.4 is 5.32 Å². The molecule has 0 bridgehead atoms. The van der Waals surface area contributed by atoms with Crippen molar-refractivity contribution in [1.29, 1.82) is 0 Å². The maximum absolute atomic E-state index is 13.1. The first-order chi connectivity index (χ1) is 10.1. The summed E-state index contributed by atoms with van der Waals surface area (Å²) in [6.45, 7) is 2.58. The monoisotopic (exact) mass is 306 g/mol. The number of rotatable bonds is 2. The molecule has 5 heteroatoms. The molecule has 4 nitrogen and oxygen atoms in total. The molecule has 1 saturated carbocycles. The molecular weight excluding hydrogens is 284 g/mol. The molecule has 1 unspecified atom stereocenters. The number of carbonyl (C=O) groups excluding carboxylic acids is 2. The molecule has 1 aromatic rings. The summed E-state index contributed by atoms with van der Waals surface area (Å²) in [5, 5.41) is 5.08. The molecule has 21 heavy (non-hydrogen) atoms. The number of thiophene rings is 1. The SMILES string of the molecule is CC(c1cccs1)N1CCC(=O)NC2(CCCCC2)C1=O. The standard InChI is InChI=1S/C16H22N2O2S/c1-12(13-6-5-11-21-13)18-10-7-14(19)17-16(15(18)20)8-3-2-4-9-16/h5-6,11-12H,2-4,7-10H2,1H3,(H,17,19). The zero-order valence-electron chi connectivity index (χ0n) is 12.4. The van der Waals surface area contributed by atoms with Crippen molar-refractivity contribution in [2.45, 2.75) is 57.0 Å². The van der Waals surface area contributed by atoms with E-state index in [0.29, 0.717) is 13.0 Å². The van der Waals surface area contributed by atoms with E-state index in [4.69, 9.17) is 0 Å². The average Bonchev–Trinajstić information content (AvgIpc) is 2.98. The zero-order chi connectivity index (χ0) is 14.9. The van der Waals surface area contributed by atoms with Gasteiger partial charge in [0.25, 0.3) is 0 Å². The topological polar surface area (TPSA) is 49.4 Å². The van der Waals surface area contributed by atoms with Gasteiger partial charge >= 0.3 is 0 Å². The fourth-order valence-corrected chi connectivity index (χ4v) is 4.32. The minimum absolute atomic E-state index is 0.0196. The highest BCUT2D eigenvalue weighted by atomic mass is 32.1. The summed E-state index contributed by atoms with van der Waals surface area (Å²) in [7, 11) is 0. The molecule has 0 aromatic carbocycles. The van der Waals surface area contributed by atoms with Gasteiger partial charge in [0, 0.05) is 17.8 Å². The van der Waals surface area contributed by atoms with E-state index >= 15 is 0 Å². The maximum Gasteiger partial charge on any atom is 0.248 e. The Kier molecular flexibility index (Phi) is 4.02. The Morgan fingerprint density at radius 2 is 2.05 bits per heavy atom. The third-order valence-corrected chi connectivity index (χ3v) is 5.80. The number of amides is 2. The van der Waals surface area contributed by atoms with Crippen molar-refractivity contribution in [2.24, 2.45) is 0 Å². The van der Waals surface area contributed by atoms with E-state index in [0.717, 1.165) is 32.1 Å². The summed E-state index contributed by atoms with van der Waals surface area (Å²) < 4.78 is 0. The van der Waals surface area contributed by atoms with E-state index in [2.05, 4.69) is 18.3 Å². The summed E-state index contributed by atoms with van der Waals surface area (Å²) in [6.07, 6.45) is 5.17. The van der Waals surface area contributed by atoms with Gasteiger partial charge in [-0.3, -0.25) is 9.59 Å². The van der Waals surface area contributed by atoms with Crippen LogP contribution in [0.15, 0.2) is 17.5 Å². The van der Waals surface area contributed by atoms with Gasteiger partial charge in [-0.25, -0.2) is 0 Å². The van der Waals surface area contributed by atoms with Gasteiger partial charge in [-0.15, -0.1) is 11.3 Å². The van der Waals surface area contributed by atoms with Gasteiger partial charge in [-0.1, -0.05) is 25.3 Å². The van der Waals surface area contributed by atoms with Crippen LogP contribution in [0, 0.1) is 0 Å². The van der Waals surface area contributed by atoms with E-state index in [1.807, 2.05) is 16.3 Å². The van der Waals surface area contributed by atoms with E-state index < -0.39 is 5.54 Å². The van der Waals surface area contributed by atoms with Crippen LogP contribution in [-0.2, 0) is 9.59 Å². The van der Waals surface area contributed by atoms with E-state index in [1.54, 1.807) is 11.3 Å². The number of carbonyl (C=O) groups is 2. The van der Waals surface area contributed by atoms with Crippen LogP contribution in [-0.4, -0.2) is 28.8 Å². The number of nitrogens with one attached hydrogen (secondary N) is 1. The normalized spacial score (nSPS) is 23.8. The number of hydrogen-bond acceptors (Lipinski definition) is 3. The van der Waals surface area contributed by atoms with Gasteiger partial charge in [0.1, 0.15) is 5.54 Å². The van der Waals surface area contributed by atoms with E-state index in [-0.39, 0.29) is 17.9 Å². The smallest absolute Gasteiger partial charge is 0.248 e. The molecule has 2 heterocycles. The van der Waals surface area contributed by atoms with Crippen molar-refractivity contribution in [3.8, 4) is 0 Å². The Hall–Kier alpha value is -1.36. The predicted octanol–water partition coefficient (Wildman–Crippen LogP) is 2.86. The fraction of sp³-hybridized carbons (Fsp3) is 0.625.